The van der Waals surface area contributed by atoms with Crippen molar-refractivity contribution in [3.63, 3.8) is 0 Å². The zero-order valence-electron chi connectivity index (χ0n) is 11.7. The average Bonchev–Trinajstić information content (AvgIpc) is 2.45. The number of hydrogen-bond donors (Lipinski definition) is 1. The zero-order valence-corrected chi connectivity index (χ0v) is 14.7. The Morgan fingerprint density at radius 1 is 1.23 bits per heavy atom. The number of rotatable bonds is 5. The SMILES string of the molecule is CC(=O)c1ccc(SCC(=O)Nc2cccc(I)c2)c(F)c1. The molecule has 3 nitrogen and oxygen atoms in total. The minimum atomic E-state index is -0.486. The molecule has 0 spiro atoms. The molecule has 0 aliphatic heterocycles. The van der Waals surface area contributed by atoms with E-state index in [1.165, 1.54) is 19.1 Å². The van der Waals surface area contributed by atoms with Crippen molar-refractivity contribution >= 4 is 51.7 Å². The normalized spacial score (nSPS) is 10.3. The van der Waals surface area contributed by atoms with E-state index in [2.05, 4.69) is 27.9 Å². The van der Waals surface area contributed by atoms with E-state index in [-0.39, 0.29) is 17.4 Å². The van der Waals surface area contributed by atoms with Gasteiger partial charge in [0.1, 0.15) is 5.82 Å². The first kappa shape index (κ1) is 17.0. The van der Waals surface area contributed by atoms with Gasteiger partial charge >= 0.3 is 0 Å². The quantitative estimate of drug-likeness (QED) is 0.437. The Hall–Kier alpha value is -1.41. The van der Waals surface area contributed by atoms with Crippen LogP contribution in [0.5, 0.6) is 0 Å². The van der Waals surface area contributed by atoms with Gasteiger partial charge in [-0.2, -0.15) is 0 Å². The maximum atomic E-state index is 13.8. The van der Waals surface area contributed by atoms with E-state index >= 15 is 0 Å². The Morgan fingerprint density at radius 2 is 2.00 bits per heavy atom. The standard InChI is InChI=1S/C16H13FINO2S/c1-10(20)11-5-6-15(14(17)7-11)22-9-16(21)19-13-4-2-3-12(18)8-13/h2-8H,9H2,1H3,(H,19,21). The summed E-state index contributed by atoms with van der Waals surface area (Å²) in [5.41, 5.74) is 1.04. The van der Waals surface area contributed by atoms with Gasteiger partial charge in [0.05, 0.1) is 5.75 Å². The largest absolute Gasteiger partial charge is 0.325 e. The predicted octanol–water partition coefficient (Wildman–Crippen LogP) is 4.36. The lowest BCUT2D eigenvalue weighted by atomic mass is 10.1. The molecule has 0 radical (unpaired) electrons. The molecule has 2 aromatic rings. The van der Waals surface area contributed by atoms with E-state index < -0.39 is 5.82 Å². The molecular weight excluding hydrogens is 416 g/mol. The van der Waals surface area contributed by atoms with Crippen LogP contribution in [0.4, 0.5) is 10.1 Å². The Kier molecular flexibility index (Phi) is 5.96. The summed E-state index contributed by atoms with van der Waals surface area (Å²) in [6.45, 7) is 1.39. The highest BCUT2D eigenvalue weighted by atomic mass is 127. The minimum Gasteiger partial charge on any atom is -0.325 e. The highest BCUT2D eigenvalue weighted by Gasteiger charge is 2.09. The molecule has 114 valence electrons. The van der Waals surface area contributed by atoms with E-state index in [0.717, 1.165) is 15.3 Å². The molecule has 2 rings (SSSR count). The van der Waals surface area contributed by atoms with Gasteiger partial charge in [-0.05, 0) is 59.8 Å². The van der Waals surface area contributed by atoms with Crippen LogP contribution in [0.1, 0.15) is 17.3 Å². The molecule has 0 aliphatic carbocycles. The summed E-state index contributed by atoms with van der Waals surface area (Å²) in [5.74, 6) is -0.782. The lowest BCUT2D eigenvalue weighted by Gasteiger charge is -2.07. The van der Waals surface area contributed by atoms with Crippen molar-refractivity contribution < 1.29 is 14.0 Å². The van der Waals surface area contributed by atoms with Gasteiger partial charge in [-0.3, -0.25) is 9.59 Å². The van der Waals surface area contributed by atoms with E-state index in [1.54, 1.807) is 12.1 Å². The van der Waals surface area contributed by atoms with E-state index in [4.69, 9.17) is 0 Å². The summed E-state index contributed by atoms with van der Waals surface area (Å²) in [5, 5.41) is 2.76. The van der Waals surface area contributed by atoms with E-state index in [0.29, 0.717) is 16.1 Å². The summed E-state index contributed by atoms with van der Waals surface area (Å²) >= 11 is 3.26. The first-order valence-electron chi connectivity index (χ1n) is 6.44. The molecule has 0 bridgehead atoms. The van der Waals surface area contributed by atoms with Crippen molar-refractivity contribution in [2.45, 2.75) is 11.8 Å². The Labute approximate surface area is 145 Å². The van der Waals surface area contributed by atoms with Crippen molar-refractivity contribution in [2.24, 2.45) is 0 Å². The molecule has 0 heterocycles. The first-order chi connectivity index (χ1) is 10.5. The topological polar surface area (TPSA) is 46.2 Å². The molecule has 1 amide bonds. The molecule has 1 N–H and O–H groups in total. The number of halogens is 2. The molecule has 0 aromatic heterocycles. The fourth-order valence-corrected chi connectivity index (χ4v) is 3.01. The lowest BCUT2D eigenvalue weighted by Crippen LogP contribution is -2.14. The van der Waals surface area contributed by atoms with Crippen LogP contribution in [0.2, 0.25) is 0 Å². The molecule has 0 saturated heterocycles. The minimum absolute atomic E-state index is 0.0990. The second kappa shape index (κ2) is 7.73. The van der Waals surface area contributed by atoms with Gasteiger partial charge in [0, 0.05) is 19.7 Å². The van der Waals surface area contributed by atoms with Crippen LogP contribution in [-0.2, 0) is 4.79 Å². The van der Waals surface area contributed by atoms with Crippen LogP contribution in [0, 0.1) is 9.39 Å². The molecule has 22 heavy (non-hydrogen) atoms. The van der Waals surface area contributed by atoms with Crippen molar-refractivity contribution in [2.75, 3.05) is 11.1 Å². The Balaban J connectivity index is 1.95. The zero-order chi connectivity index (χ0) is 16.1. The second-order valence-corrected chi connectivity index (χ2v) is 6.81. The molecule has 2 aromatic carbocycles. The van der Waals surface area contributed by atoms with Gasteiger partial charge < -0.3 is 5.32 Å². The fourth-order valence-electron chi connectivity index (χ4n) is 1.74. The van der Waals surface area contributed by atoms with Gasteiger partial charge in [0.15, 0.2) is 5.78 Å². The third-order valence-electron chi connectivity index (χ3n) is 2.81. The first-order valence-corrected chi connectivity index (χ1v) is 8.51. The summed E-state index contributed by atoms with van der Waals surface area (Å²) in [7, 11) is 0. The maximum absolute atomic E-state index is 13.8. The summed E-state index contributed by atoms with van der Waals surface area (Å²) in [6, 6.07) is 11.7. The summed E-state index contributed by atoms with van der Waals surface area (Å²) in [4.78, 5) is 23.4. The van der Waals surface area contributed by atoms with Crippen molar-refractivity contribution in [3.8, 4) is 0 Å². The third-order valence-corrected chi connectivity index (χ3v) is 4.53. The highest BCUT2D eigenvalue weighted by Crippen LogP contribution is 2.23. The van der Waals surface area contributed by atoms with E-state index in [1.807, 2.05) is 18.2 Å². The number of anilines is 1. The predicted molar refractivity (Wildman–Crippen MR) is 94.9 cm³/mol. The summed E-state index contributed by atoms with van der Waals surface area (Å²) < 4.78 is 14.9. The average molecular weight is 429 g/mol. The highest BCUT2D eigenvalue weighted by molar-refractivity contribution is 14.1. The smallest absolute Gasteiger partial charge is 0.234 e. The third kappa shape index (κ3) is 4.81. The van der Waals surface area contributed by atoms with Crippen LogP contribution in [0.15, 0.2) is 47.4 Å². The number of benzene rings is 2. The molecule has 0 saturated carbocycles. The number of hydrogen-bond acceptors (Lipinski definition) is 3. The van der Waals surface area contributed by atoms with Crippen molar-refractivity contribution in [3.05, 3.63) is 57.4 Å². The maximum Gasteiger partial charge on any atom is 0.234 e. The molecule has 0 atom stereocenters. The van der Waals surface area contributed by atoms with Gasteiger partial charge in [0.2, 0.25) is 5.91 Å². The molecule has 6 heteroatoms. The van der Waals surface area contributed by atoms with E-state index in [9.17, 15) is 14.0 Å². The van der Waals surface area contributed by atoms with Crippen molar-refractivity contribution in [1.82, 2.24) is 0 Å². The van der Waals surface area contributed by atoms with Crippen LogP contribution in [0.3, 0.4) is 0 Å². The Morgan fingerprint density at radius 3 is 2.64 bits per heavy atom. The number of carbonyl (C=O) groups is 2. The lowest BCUT2D eigenvalue weighted by molar-refractivity contribution is -0.113. The number of thioether (sulfide) groups is 1. The number of carbonyl (C=O) groups excluding carboxylic acids is 2. The molecular formula is C16H13FINO2S. The second-order valence-electron chi connectivity index (χ2n) is 4.55. The Bertz CT molecular complexity index is 721. The molecule has 0 aliphatic rings. The fraction of sp³-hybridized carbons (Fsp3) is 0.125. The van der Waals surface area contributed by atoms with Crippen LogP contribution in [0.25, 0.3) is 0 Å². The number of Topliss-reactive ketones (excluding diaryl/α,β-unsaturated/α-hetero) is 1. The monoisotopic (exact) mass is 429 g/mol. The number of nitrogens with one attached hydrogen (secondary N) is 1. The van der Waals surface area contributed by atoms with Gasteiger partial charge in [-0.1, -0.05) is 12.1 Å². The van der Waals surface area contributed by atoms with Crippen molar-refractivity contribution in [1.29, 1.82) is 0 Å². The number of amides is 1. The van der Waals surface area contributed by atoms with Crippen LogP contribution < -0.4 is 5.32 Å². The van der Waals surface area contributed by atoms with Crippen LogP contribution in [-0.4, -0.2) is 17.4 Å². The van der Waals surface area contributed by atoms with Gasteiger partial charge in [-0.15, -0.1) is 11.8 Å². The van der Waals surface area contributed by atoms with Crippen LogP contribution >= 0.6 is 34.4 Å². The summed E-state index contributed by atoms with van der Waals surface area (Å²) in [6.07, 6.45) is 0. The van der Waals surface area contributed by atoms with Gasteiger partial charge in [-0.25, -0.2) is 4.39 Å². The molecule has 0 unspecified atom stereocenters. The van der Waals surface area contributed by atoms with Gasteiger partial charge in [0.25, 0.3) is 0 Å². The molecule has 0 fully saturated rings. The number of ketones is 1.